The highest BCUT2D eigenvalue weighted by molar-refractivity contribution is 7.86. The molecule has 0 amide bonds. The minimum absolute atomic E-state index is 0.146. The highest BCUT2D eigenvalue weighted by Crippen LogP contribution is 2.11. The van der Waals surface area contributed by atoms with E-state index in [1.165, 1.54) is 8.61 Å². The Hall–Kier alpha value is -0.210. The fourth-order valence-corrected chi connectivity index (χ4v) is 3.34. The SMILES string of the molecule is CCCCN(CCO)S(=O)(=O)N1CCOCC1. The largest absolute Gasteiger partial charge is 0.395 e. The molecule has 1 N–H and O–H groups in total. The summed E-state index contributed by atoms with van der Waals surface area (Å²) in [6.07, 6.45) is 1.74. The number of aliphatic hydroxyl groups excluding tert-OH is 1. The predicted molar refractivity (Wildman–Crippen MR) is 64.9 cm³/mol. The second-order valence-electron chi connectivity index (χ2n) is 4.00. The highest BCUT2D eigenvalue weighted by atomic mass is 32.2. The molecule has 1 fully saturated rings. The van der Waals surface area contributed by atoms with Crippen LogP contribution in [-0.4, -0.2) is 68.1 Å². The van der Waals surface area contributed by atoms with Crippen LogP contribution < -0.4 is 0 Å². The Kier molecular flexibility index (Phi) is 6.35. The second-order valence-corrected chi connectivity index (χ2v) is 5.92. The van der Waals surface area contributed by atoms with E-state index in [0.29, 0.717) is 32.8 Å². The maximum absolute atomic E-state index is 12.3. The third-order valence-electron chi connectivity index (χ3n) is 2.73. The molecule has 102 valence electrons. The quantitative estimate of drug-likeness (QED) is 0.684. The summed E-state index contributed by atoms with van der Waals surface area (Å²) in [5, 5.41) is 8.95. The van der Waals surface area contributed by atoms with Crippen molar-refractivity contribution in [3.05, 3.63) is 0 Å². The minimum atomic E-state index is -3.43. The summed E-state index contributed by atoms with van der Waals surface area (Å²) in [7, 11) is -3.43. The van der Waals surface area contributed by atoms with Crippen LogP contribution in [0, 0.1) is 0 Å². The fourth-order valence-electron chi connectivity index (χ4n) is 1.73. The number of aliphatic hydroxyl groups is 1. The molecule has 0 aromatic rings. The summed E-state index contributed by atoms with van der Waals surface area (Å²) in [4.78, 5) is 0. The van der Waals surface area contributed by atoms with Crippen LogP contribution in [0.15, 0.2) is 0 Å². The van der Waals surface area contributed by atoms with Gasteiger partial charge in [-0.15, -0.1) is 0 Å². The lowest BCUT2D eigenvalue weighted by Crippen LogP contribution is -2.49. The van der Waals surface area contributed by atoms with Gasteiger partial charge in [0.1, 0.15) is 0 Å². The Balaban J connectivity index is 2.67. The Bertz CT molecular complexity index is 301. The van der Waals surface area contributed by atoms with E-state index in [9.17, 15) is 8.42 Å². The Morgan fingerprint density at radius 2 is 1.94 bits per heavy atom. The molecule has 0 radical (unpaired) electrons. The number of nitrogens with zero attached hydrogens (tertiary/aromatic N) is 2. The van der Waals surface area contributed by atoms with Crippen LogP contribution in [0.3, 0.4) is 0 Å². The van der Waals surface area contributed by atoms with Gasteiger partial charge in [0.05, 0.1) is 19.8 Å². The lowest BCUT2D eigenvalue weighted by Gasteiger charge is -2.31. The van der Waals surface area contributed by atoms with Gasteiger partial charge in [0.15, 0.2) is 0 Å². The van der Waals surface area contributed by atoms with Crippen molar-refractivity contribution in [2.75, 3.05) is 46.0 Å². The highest BCUT2D eigenvalue weighted by Gasteiger charge is 2.30. The molecule has 1 aliphatic heterocycles. The average Bonchev–Trinajstić information content (AvgIpc) is 2.35. The maximum Gasteiger partial charge on any atom is 0.282 e. The molecular formula is C10H22N2O4S. The number of unbranched alkanes of at least 4 members (excludes halogenated alkanes) is 1. The molecule has 0 atom stereocenters. The monoisotopic (exact) mass is 266 g/mol. The van der Waals surface area contributed by atoms with Crippen molar-refractivity contribution in [2.45, 2.75) is 19.8 Å². The molecule has 7 heteroatoms. The molecule has 0 aromatic heterocycles. The smallest absolute Gasteiger partial charge is 0.282 e. The first kappa shape index (κ1) is 14.8. The minimum Gasteiger partial charge on any atom is -0.395 e. The molecule has 0 saturated carbocycles. The van der Waals surface area contributed by atoms with Crippen molar-refractivity contribution in [3.63, 3.8) is 0 Å². The summed E-state index contributed by atoms with van der Waals surface area (Å²) in [5.41, 5.74) is 0. The van der Waals surface area contributed by atoms with Gasteiger partial charge in [0.2, 0.25) is 0 Å². The van der Waals surface area contributed by atoms with Gasteiger partial charge in [-0.1, -0.05) is 13.3 Å². The third-order valence-corrected chi connectivity index (χ3v) is 4.77. The number of hydrogen-bond donors (Lipinski definition) is 1. The first-order valence-corrected chi connectivity index (χ1v) is 7.46. The van der Waals surface area contributed by atoms with Crippen LogP contribution in [-0.2, 0) is 14.9 Å². The molecule has 0 bridgehead atoms. The van der Waals surface area contributed by atoms with E-state index >= 15 is 0 Å². The number of rotatable bonds is 7. The van der Waals surface area contributed by atoms with Crippen LogP contribution in [0.2, 0.25) is 0 Å². The van der Waals surface area contributed by atoms with E-state index in [2.05, 4.69) is 0 Å². The molecule has 1 heterocycles. The van der Waals surface area contributed by atoms with Crippen molar-refractivity contribution >= 4 is 10.2 Å². The Morgan fingerprint density at radius 3 is 2.47 bits per heavy atom. The van der Waals surface area contributed by atoms with Gasteiger partial charge < -0.3 is 9.84 Å². The molecule has 1 rings (SSSR count). The lowest BCUT2D eigenvalue weighted by atomic mass is 10.3. The van der Waals surface area contributed by atoms with E-state index < -0.39 is 10.2 Å². The van der Waals surface area contributed by atoms with E-state index in [1.54, 1.807) is 0 Å². The first-order valence-electron chi connectivity index (χ1n) is 6.06. The van der Waals surface area contributed by atoms with Gasteiger partial charge in [-0.3, -0.25) is 0 Å². The molecule has 0 unspecified atom stereocenters. The summed E-state index contributed by atoms with van der Waals surface area (Å²) in [6, 6.07) is 0. The summed E-state index contributed by atoms with van der Waals surface area (Å²) in [5.74, 6) is 0. The first-order chi connectivity index (χ1) is 8.12. The molecule has 6 nitrogen and oxygen atoms in total. The molecule has 1 saturated heterocycles. The molecular weight excluding hydrogens is 244 g/mol. The number of morpholine rings is 1. The van der Waals surface area contributed by atoms with Gasteiger partial charge in [-0.2, -0.15) is 17.0 Å². The number of ether oxygens (including phenoxy) is 1. The van der Waals surface area contributed by atoms with E-state index in [0.717, 1.165) is 12.8 Å². The Labute approximate surface area is 103 Å². The van der Waals surface area contributed by atoms with Gasteiger partial charge >= 0.3 is 0 Å². The zero-order chi connectivity index (χ0) is 12.7. The third kappa shape index (κ3) is 4.18. The van der Waals surface area contributed by atoms with Gasteiger partial charge in [-0.25, -0.2) is 0 Å². The summed E-state index contributed by atoms with van der Waals surface area (Å²) in [6.45, 7) is 4.19. The predicted octanol–water partition coefficient (Wildman–Crippen LogP) is -0.342. The molecule has 0 aliphatic carbocycles. The average molecular weight is 266 g/mol. The van der Waals surface area contributed by atoms with Crippen molar-refractivity contribution in [3.8, 4) is 0 Å². The van der Waals surface area contributed by atoms with Crippen LogP contribution >= 0.6 is 0 Å². The molecule has 17 heavy (non-hydrogen) atoms. The van der Waals surface area contributed by atoms with E-state index in [1.807, 2.05) is 6.92 Å². The van der Waals surface area contributed by atoms with Crippen molar-refractivity contribution in [2.24, 2.45) is 0 Å². The van der Waals surface area contributed by atoms with Crippen LogP contribution in [0.5, 0.6) is 0 Å². The molecule has 0 aromatic carbocycles. The van der Waals surface area contributed by atoms with Crippen LogP contribution in [0.25, 0.3) is 0 Å². The number of hydrogen-bond acceptors (Lipinski definition) is 4. The van der Waals surface area contributed by atoms with E-state index in [-0.39, 0.29) is 13.2 Å². The van der Waals surface area contributed by atoms with Crippen molar-refractivity contribution < 1.29 is 18.3 Å². The van der Waals surface area contributed by atoms with Crippen molar-refractivity contribution in [1.29, 1.82) is 0 Å². The van der Waals surface area contributed by atoms with Gasteiger partial charge in [0, 0.05) is 26.2 Å². The normalized spacial score (nSPS) is 18.8. The Morgan fingerprint density at radius 1 is 1.29 bits per heavy atom. The van der Waals surface area contributed by atoms with Gasteiger partial charge in [-0.05, 0) is 6.42 Å². The zero-order valence-corrected chi connectivity index (χ0v) is 11.2. The van der Waals surface area contributed by atoms with Crippen molar-refractivity contribution in [1.82, 2.24) is 8.61 Å². The summed E-state index contributed by atoms with van der Waals surface area (Å²) < 4.78 is 32.5. The fraction of sp³-hybridized carbons (Fsp3) is 1.00. The maximum atomic E-state index is 12.3. The standard InChI is InChI=1S/C10H22N2O4S/c1-2-3-4-11(5-8-13)17(14,15)12-6-9-16-10-7-12/h13H,2-10H2,1H3. The van der Waals surface area contributed by atoms with Crippen LogP contribution in [0.1, 0.15) is 19.8 Å². The molecule has 0 spiro atoms. The second kappa shape index (κ2) is 7.27. The topological polar surface area (TPSA) is 70.1 Å². The van der Waals surface area contributed by atoms with Crippen LogP contribution in [0.4, 0.5) is 0 Å². The van der Waals surface area contributed by atoms with E-state index in [4.69, 9.17) is 9.84 Å². The van der Waals surface area contributed by atoms with Gasteiger partial charge in [0.25, 0.3) is 10.2 Å². The summed E-state index contributed by atoms with van der Waals surface area (Å²) >= 11 is 0. The zero-order valence-electron chi connectivity index (χ0n) is 10.3. The lowest BCUT2D eigenvalue weighted by molar-refractivity contribution is 0.0697. The molecule has 1 aliphatic rings.